The first-order valence-corrected chi connectivity index (χ1v) is 14.6. The van der Waals surface area contributed by atoms with Crippen molar-refractivity contribution in [2.75, 3.05) is 5.01 Å². The number of benzene rings is 3. The number of hydrogen-bond donors (Lipinski definition) is 2. The number of hydrazone groups is 1. The minimum atomic E-state index is -4.11. The molecule has 1 aliphatic heterocycles. The Kier molecular flexibility index (Phi) is 8.86. The minimum Gasteiger partial charge on any atom is -0.368 e. The lowest BCUT2D eigenvalue weighted by atomic mass is 10.0. The molecule has 0 saturated heterocycles. The van der Waals surface area contributed by atoms with E-state index in [-0.39, 0.29) is 29.1 Å². The number of aliphatic imine (C=N–C) groups is 1. The van der Waals surface area contributed by atoms with E-state index in [9.17, 15) is 13.2 Å². The van der Waals surface area contributed by atoms with Crippen LogP contribution in [0.2, 0.25) is 15.1 Å². The molecule has 0 saturated carbocycles. The summed E-state index contributed by atoms with van der Waals surface area (Å²) in [6.07, 6.45) is 0.274. The number of sulfonamides is 1. The fraction of sp³-hybridized carbons (Fsp3) is 0.222. The van der Waals surface area contributed by atoms with Crippen LogP contribution >= 0.6 is 34.8 Å². The number of amidine groups is 1. The summed E-state index contributed by atoms with van der Waals surface area (Å²) in [5, 5.41) is 8.06. The van der Waals surface area contributed by atoms with Crippen molar-refractivity contribution in [2.45, 2.75) is 37.2 Å². The number of anilines is 1. The molecule has 0 bridgehead atoms. The second kappa shape index (κ2) is 12.0. The molecule has 4 rings (SSSR count). The van der Waals surface area contributed by atoms with Crippen molar-refractivity contribution in [3.63, 3.8) is 0 Å². The number of halogens is 3. The predicted molar refractivity (Wildman–Crippen MR) is 157 cm³/mol. The second-order valence-electron chi connectivity index (χ2n) is 9.27. The van der Waals surface area contributed by atoms with Crippen molar-refractivity contribution in [1.82, 2.24) is 4.72 Å². The third-order valence-corrected chi connectivity index (χ3v) is 8.19. The zero-order valence-electron chi connectivity index (χ0n) is 21.1. The second-order valence-corrected chi connectivity index (χ2v) is 12.3. The standard InChI is InChI=1S/C27H26Cl3N5O3S/c1-16(2)25(26(31)36)32-27(34-39(37,38)22-13-9-20(30)10-14-22)23-15-24(17-3-5-18(28)6-4-17)35(33-23)21-11-7-19(29)8-12-21/h3-14,16,24-25H,15H2,1-2H3,(H2,31,36)(H,32,34)/t24?,25-/m0/s1. The summed E-state index contributed by atoms with van der Waals surface area (Å²) in [5.74, 6) is -1.05. The maximum absolute atomic E-state index is 13.4. The molecule has 12 heteroatoms. The minimum absolute atomic E-state index is 0.0258. The molecule has 3 aromatic rings. The zero-order chi connectivity index (χ0) is 28.3. The van der Waals surface area contributed by atoms with Crippen LogP contribution < -0.4 is 15.5 Å². The number of amides is 1. The molecule has 1 aliphatic rings. The smallest absolute Gasteiger partial charge is 0.263 e. The maximum atomic E-state index is 13.4. The van der Waals surface area contributed by atoms with E-state index in [1.807, 2.05) is 24.3 Å². The van der Waals surface area contributed by atoms with Crippen molar-refractivity contribution < 1.29 is 13.2 Å². The normalized spacial score (nSPS) is 16.8. The van der Waals surface area contributed by atoms with Gasteiger partial charge in [0.15, 0.2) is 5.84 Å². The molecule has 0 aromatic heterocycles. The number of nitrogens with two attached hydrogens (primary N) is 1. The van der Waals surface area contributed by atoms with Crippen molar-refractivity contribution >= 4 is 68.0 Å². The molecule has 1 heterocycles. The quantitative estimate of drug-likeness (QED) is 0.247. The summed E-state index contributed by atoms with van der Waals surface area (Å²) >= 11 is 18.2. The molecule has 2 atom stereocenters. The van der Waals surface area contributed by atoms with E-state index in [0.717, 1.165) is 11.3 Å². The summed E-state index contributed by atoms with van der Waals surface area (Å²) in [7, 11) is -4.11. The van der Waals surface area contributed by atoms with E-state index in [0.29, 0.717) is 20.8 Å². The highest BCUT2D eigenvalue weighted by Gasteiger charge is 2.34. The Hall–Kier alpha value is -3.11. The highest BCUT2D eigenvalue weighted by molar-refractivity contribution is 7.90. The van der Waals surface area contributed by atoms with Gasteiger partial charge in [0.25, 0.3) is 10.0 Å². The first kappa shape index (κ1) is 28.9. The van der Waals surface area contributed by atoms with E-state index < -0.39 is 22.0 Å². The Labute approximate surface area is 242 Å². The number of nitrogens with one attached hydrogen (secondary N) is 1. The summed E-state index contributed by atoms with van der Waals surface area (Å²) in [5.41, 5.74) is 7.57. The van der Waals surface area contributed by atoms with E-state index in [1.54, 1.807) is 43.1 Å². The number of nitrogens with zero attached hydrogens (tertiary/aromatic N) is 3. The van der Waals surface area contributed by atoms with Crippen LogP contribution in [-0.4, -0.2) is 31.9 Å². The molecule has 1 unspecified atom stereocenters. The Bertz CT molecular complexity index is 1510. The number of carbonyl (C=O) groups excluding carboxylic acids is 1. The Morgan fingerprint density at radius 1 is 0.949 bits per heavy atom. The highest BCUT2D eigenvalue weighted by Crippen LogP contribution is 2.36. The molecule has 8 nitrogen and oxygen atoms in total. The van der Waals surface area contributed by atoms with Crippen LogP contribution in [0.5, 0.6) is 0 Å². The molecule has 204 valence electrons. The SMILES string of the molecule is CC(C)[C@H](N=C(NS(=O)(=O)c1ccc(Cl)cc1)C1=NN(c2ccc(Cl)cc2)C(c2ccc(Cl)cc2)C1)C(N)=O. The summed E-state index contributed by atoms with van der Waals surface area (Å²) in [4.78, 5) is 16.7. The largest absolute Gasteiger partial charge is 0.368 e. The van der Waals surface area contributed by atoms with Gasteiger partial charge in [-0.05, 0) is 72.1 Å². The lowest BCUT2D eigenvalue weighted by molar-refractivity contribution is -0.120. The maximum Gasteiger partial charge on any atom is 0.263 e. The molecule has 0 spiro atoms. The van der Waals surface area contributed by atoms with E-state index in [4.69, 9.17) is 45.6 Å². The van der Waals surface area contributed by atoms with Crippen LogP contribution in [0, 0.1) is 5.92 Å². The van der Waals surface area contributed by atoms with Gasteiger partial charge in [-0.15, -0.1) is 0 Å². The summed E-state index contributed by atoms with van der Waals surface area (Å²) in [6, 6.07) is 18.8. The molecule has 39 heavy (non-hydrogen) atoms. The van der Waals surface area contributed by atoms with Gasteiger partial charge in [-0.2, -0.15) is 5.10 Å². The van der Waals surface area contributed by atoms with Gasteiger partial charge in [-0.25, -0.2) is 8.42 Å². The van der Waals surface area contributed by atoms with Crippen LogP contribution in [0.3, 0.4) is 0 Å². The monoisotopic (exact) mass is 605 g/mol. The van der Waals surface area contributed by atoms with E-state index >= 15 is 0 Å². The Balaban J connectivity index is 1.82. The van der Waals surface area contributed by atoms with Gasteiger partial charge in [0.1, 0.15) is 11.8 Å². The summed E-state index contributed by atoms with van der Waals surface area (Å²) in [6.45, 7) is 3.55. The molecule has 3 aromatic carbocycles. The highest BCUT2D eigenvalue weighted by atomic mass is 35.5. The van der Waals surface area contributed by atoms with Gasteiger partial charge in [0.2, 0.25) is 5.91 Å². The lowest BCUT2D eigenvalue weighted by Gasteiger charge is -2.24. The molecule has 0 fully saturated rings. The lowest BCUT2D eigenvalue weighted by Crippen LogP contribution is -2.40. The Morgan fingerprint density at radius 3 is 1.97 bits per heavy atom. The molecule has 0 radical (unpaired) electrons. The van der Waals surface area contributed by atoms with Crippen LogP contribution in [0.1, 0.15) is 31.9 Å². The van der Waals surface area contributed by atoms with Gasteiger partial charge < -0.3 is 5.73 Å². The number of carbonyl (C=O) groups is 1. The number of hydrogen-bond acceptors (Lipinski definition) is 6. The molecular weight excluding hydrogens is 581 g/mol. The van der Waals surface area contributed by atoms with Crippen LogP contribution in [-0.2, 0) is 14.8 Å². The number of primary amides is 1. The van der Waals surface area contributed by atoms with Crippen molar-refractivity contribution in [1.29, 1.82) is 0 Å². The molecular formula is C27H26Cl3N5O3S. The van der Waals surface area contributed by atoms with Crippen molar-refractivity contribution in [3.8, 4) is 0 Å². The van der Waals surface area contributed by atoms with Crippen LogP contribution in [0.15, 0.2) is 87.8 Å². The topological polar surface area (TPSA) is 117 Å². The fourth-order valence-electron chi connectivity index (χ4n) is 4.07. The third-order valence-electron chi connectivity index (χ3n) is 6.08. The van der Waals surface area contributed by atoms with E-state index in [1.165, 1.54) is 24.3 Å². The van der Waals surface area contributed by atoms with Crippen molar-refractivity contribution in [3.05, 3.63) is 93.4 Å². The summed E-state index contributed by atoms with van der Waals surface area (Å²) < 4.78 is 29.3. The zero-order valence-corrected chi connectivity index (χ0v) is 24.1. The molecule has 1 amide bonds. The third kappa shape index (κ3) is 6.91. The first-order chi connectivity index (χ1) is 18.4. The van der Waals surface area contributed by atoms with Gasteiger partial charge >= 0.3 is 0 Å². The predicted octanol–water partition coefficient (Wildman–Crippen LogP) is 5.84. The molecule has 3 N–H and O–H groups in total. The number of rotatable bonds is 8. The van der Waals surface area contributed by atoms with Gasteiger partial charge in [-0.3, -0.25) is 19.5 Å². The first-order valence-electron chi connectivity index (χ1n) is 12.0. The van der Waals surface area contributed by atoms with Gasteiger partial charge in [0, 0.05) is 21.5 Å². The fourth-order valence-corrected chi connectivity index (χ4v) is 5.48. The average molecular weight is 607 g/mol. The van der Waals surface area contributed by atoms with Crippen LogP contribution in [0.25, 0.3) is 0 Å². The van der Waals surface area contributed by atoms with E-state index in [2.05, 4.69) is 9.71 Å². The van der Waals surface area contributed by atoms with Crippen LogP contribution in [0.4, 0.5) is 5.69 Å². The van der Waals surface area contributed by atoms with Crippen molar-refractivity contribution in [2.24, 2.45) is 21.7 Å². The van der Waals surface area contributed by atoms with Gasteiger partial charge in [0.05, 0.1) is 16.6 Å². The average Bonchev–Trinajstić information content (AvgIpc) is 3.32. The Morgan fingerprint density at radius 2 is 1.46 bits per heavy atom. The molecule has 0 aliphatic carbocycles. The van der Waals surface area contributed by atoms with Gasteiger partial charge in [-0.1, -0.05) is 60.8 Å².